The number of carbonyl (C=O) groups excluding carboxylic acids is 2. The number of aryl methyl sites for hydroxylation is 1. The highest BCUT2D eigenvalue weighted by atomic mass is 32.1. The Morgan fingerprint density at radius 2 is 1.76 bits per heavy atom. The van der Waals surface area contributed by atoms with Gasteiger partial charge in [0.1, 0.15) is 5.82 Å². The number of carbonyl (C=O) groups is 2. The van der Waals surface area contributed by atoms with Crippen molar-refractivity contribution in [1.29, 1.82) is 0 Å². The summed E-state index contributed by atoms with van der Waals surface area (Å²) in [7, 11) is 0. The Kier molecular flexibility index (Phi) is 5.57. The first kappa shape index (κ1) is 19.1. The molecule has 1 aliphatic heterocycles. The van der Waals surface area contributed by atoms with Crippen molar-refractivity contribution in [2.45, 2.75) is 6.92 Å². The van der Waals surface area contributed by atoms with E-state index >= 15 is 0 Å². The van der Waals surface area contributed by atoms with E-state index in [9.17, 15) is 9.59 Å². The lowest BCUT2D eigenvalue weighted by atomic mass is 10.1. The van der Waals surface area contributed by atoms with E-state index in [0.717, 1.165) is 30.0 Å². The zero-order valence-corrected chi connectivity index (χ0v) is 17.0. The van der Waals surface area contributed by atoms with Gasteiger partial charge in [-0.3, -0.25) is 9.59 Å². The van der Waals surface area contributed by atoms with E-state index in [0.29, 0.717) is 23.7 Å². The molecule has 1 saturated heterocycles. The predicted molar refractivity (Wildman–Crippen MR) is 116 cm³/mol. The van der Waals surface area contributed by atoms with E-state index < -0.39 is 0 Å². The predicted octanol–water partition coefficient (Wildman–Crippen LogP) is 3.67. The first-order chi connectivity index (χ1) is 14.1. The van der Waals surface area contributed by atoms with Crippen molar-refractivity contribution < 1.29 is 9.59 Å². The van der Waals surface area contributed by atoms with E-state index in [2.05, 4.69) is 15.2 Å². The molecule has 1 aliphatic rings. The molecule has 0 atom stereocenters. The minimum Gasteiger partial charge on any atom is -0.353 e. The van der Waals surface area contributed by atoms with Gasteiger partial charge in [-0.25, -0.2) is 4.98 Å². The van der Waals surface area contributed by atoms with Crippen molar-refractivity contribution in [2.24, 2.45) is 0 Å². The van der Waals surface area contributed by atoms with Crippen LogP contribution in [0.5, 0.6) is 0 Å². The Hall–Kier alpha value is -3.19. The number of rotatable bonds is 4. The number of thiophene rings is 1. The van der Waals surface area contributed by atoms with Gasteiger partial charge in [0.25, 0.3) is 11.8 Å². The van der Waals surface area contributed by atoms with Crippen LogP contribution in [0, 0.1) is 6.92 Å². The molecule has 0 aliphatic carbocycles. The van der Waals surface area contributed by atoms with Crippen molar-refractivity contribution in [2.75, 3.05) is 36.4 Å². The summed E-state index contributed by atoms with van der Waals surface area (Å²) in [5, 5.41) is 4.73. The quantitative estimate of drug-likeness (QED) is 0.718. The fraction of sp³-hybridized carbons (Fsp3) is 0.227. The average Bonchev–Trinajstić information content (AvgIpc) is 3.30. The van der Waals surface area contributed by atoms with E-state index in [-0.39, 0.29) is 11.8 Å². The van der Waals surface area contributed by atoms with Gasteiger partial charge in [-0.1, -0.05) is 23.8 Å². The number of hydrogen-bond donors (Lipinski definition) is 1. The number of anilines is 2. The molecule has 3 heterocycles. The summed E-state index contributed by atoms with van der Waals surface area (Å²) < 4.78 is 0. The number of nitrogens with zero attached hydrogens (tertiary/aromatic N) is 3. The largest absolute Gasteiger partial charge is 0.353 e. The number of aromatic nitrogens is 1. The monoisotopic (exact) mass is 406 g/mol. The molecule has 0 unspecified atom stereocenters. The van der Waals surface area contributed by atoms with Crippen LogP contribution in [0.1, 0.15) is 25.6 Å². The maximum absolute atomic E-state index is 12.7. The summed E-state index contributed by atoms with van der Waals surface area (Å²) in [4.78, 5) is 34.0. The van der Waals surface area contributed by atoms with Crippen LogP contribution in [0.15, 0.2) is 60.1 Å². The third-order valence-electron chi connectivity index (χ3n) is 4.94. The van der Waals surface area contributed by atoms with Gasteiger partial charge in [0.2, 0.25) is 0 Å². The van der Waals surface area contributed by atoms with Gasteiger partial charge in [-0.05, 0) is 42.6 Å². The number of pyridine rings is 1. The van der Waals surface area contributed by atoms with Gasteiger partial charge >= 0.3 is 0 Å². The lowest BCUT2D eigenvalue weighted by Crippen LogP contribution is -2.49. The maximum Gasteiger partial charge on any atom is 0.265 e. The molecule has 4 rings (SSSR count). The topological polar surface area (TPSA) is 65.5 Å². The van der Waals surface area contributed by atoms with Gasteiger partial charge in [0.05, 0.1) is 16.8 Å². The Balaban J connectivity index is 1.33. The molecule has 0 saturated carbocycles. The zero-order chi connectivity index (χ0) is 20.2. The van der Waals surface area contributed by atoms with Crippen LogP contribution >= 0.6 is 11.3 Å². The van der Waals surface area contributed by atoms with Crippen LogP contribution in [-0.2, 0) is 0 Å². The van der Waals surface area contributed by atoms with Crippen LogP contribution in [0.4, 0.5) is 11.5 Å². The molecule has 2 aromatic heterocycles. The van der Waals surface area contributed by atoms with Gasteiger partial charge in [-0.15, -0.1) is 11.3 Å². The normalized spacial score (nSPS) is 14.0. The number of hydrogen-bond acceptors (Lipinski definition) is 5. The standard InChI is InChI=1S/C22H22N4O2S/c1-16-4-6-17(7-5-16)22(28)26-12-10-25(11-13-26)20-9-8-18(15-23-20)24-21(27)19-3-2-14-29-19/h2-9,14-15H,10-13H2,1H3,(H,24,27). The summed E-state index contributed by atoms with van der Waals surface area (Å²) in [5.74, 6) is 0.795. The first-order valence-corrected chi connectivity index (χ1v) is 10.4. The lowest BCUT2D eigenvalue weighted by Gasteiger charge is -2.35. The minimum atomic E-state index is -0.127. The van der Waals surface area contributed by atoms with E-state index in [1.807, 2.05) is 59.7 Å². The van der Waals surface area contributed by atoms with Crippen molar-refractivity contribution in [3.05, 3.63) is 76.1 Å². The second-order valence-corrected chi connectivity index (χ2v) is 7.93. The van der Waals surface area contributed by atoms with Gasteiger partial charge in [0.15, 0.2) is 0 Å². The van der Waals surface area contributed by atoms with Gasteiger partial charge in [0, 0.05) is 31.7 Å². The minimum absolute atomic E-state index is 0.0734. The summed E-state index contributed by atoms with van der Waals surface area (Å²) in [6, 6.07) is 15.1. The maximum atomic E-state index is 12.7. The van der Waals surface area contributed by atoms with E-state index in [4.69, 9.17) is 0 Å². The molecular formula is C22H22N4O2S. The molecule has 2 amide bonds. The van der Waals surface area contributed by atoms with Crippen LogP contribution in [-0.4, -0.2) is 47.9 Å². The Labute approximate surface area is 173 Å². The first-order valence-electron chi connectivity index (χ1n) is 9.52. The Morgan fingerprint density at radius 3 is 2.38 bits per heavy atom. The van der Waals surface area contributed by atoms with Crippen LogP contribution in [0.2, 0.25) is 0 Å². The number of nitrogens with one attached hydrogen (secondary N) is 1. The molecule has 1 fully saturated rings. The third-order valence-corrected chi connectivity index (χ3v) is 5.81. The highest BCUT2D eigenvalue weighted by molar-refractivity contribution is 7.12. The molecular weight excluding hydrogens is 384 g/mol. The van der Waals surface area contributed by atoms with Crippen LogP contribution in [0.25, 0.3) is 0 Å². The molecule has 29 heavy (non-hydrogen) atoms. The summed E-state index contributed by atoms with van der Waals surface area (Å²) in [5.41, 5.74) is 2.54. The number of benzene rings is 1. The molecule has 0 bridgehead atoms. The van der Waals surface area contributed by atoms with E-state index in [1.165, 1.54) is 11.3 Å². The van der Waals surface area contributed by atoms with E-state index in [1.54, 1.807) is 12.3 Å². The second kappa shape index (κ2) is 8.45. The fourth-order valence-electron chi connectivity index (χ4n) is 3.26. The molecule has 0 spiro atoms. The summed E-state index contributed by atoms with van der Waals surface area (Å²) in [6.45, 7) is 4.78. The fourth-order valence-corrected chi connectivity index (χ4v) is 3.88. The zero-order valence-electron chi connectivity index (χ0n) is 16.2. The van der Waals surface area contributed by atoms with Crippen molar-refractivity contribution in [3.8, 4) is 0 Å². The SMILES string of the molecule is Cc1ccc(C(=O)N2CCN(c3ccc(NC(=O)c4cccs4)cn3)CC2)cc1. The number of piperazine rings is 1. The number of amides is 2. The van der Waals surface area contributed by atoms with Gasteiger partial charge < -0.3 is 15.1 Å². The molecule has 1 N–H and O–H groups in total. The molecule has 6 nitrogen and oxygen atoms in total. The van der Waals surface area contributed by atoms with Crippen LogP contribution in [0.3, 0.4) is 0 Å². The van der Waals surface area contributed by atoms with Gasteiger partial charge in [-0.2, -0.15) is 0 Å². The average molecular weight is 407 g/mol. The molecule has 3 aromatic rings. The molecule has 7 heteroatoms. The smallest absolute Gasteiger partial charge is 0.265 e. The molecule has 1 aromatic carbocycles. The molecule has 0 radical (unpaired) electrons. The van der Waals surface area contributed by atoms with Crippen LogP contribution < -0.4 is 10.2 Å². The summed E-state index contributed by atoms with van der Waals surface area (Å²) >= 11 is 1.40. The second-order valence-electron chi connectivity index (χ2n) is 6.98. The lowest BCUT2D eigenvalue weighted by molar-refractivity contribution is 0.0746. The third kappa shape index (κ3) is 4.46. The van der Waals surface area contributed by atoms with Crippen molar-refractivity contribution in [1.82, 2.24) is 9.88 Å². The Bertz CT molecular complexity index is 977. The highest BCUT2D eigenvalue weighted by Crippen LogP contribution is 2.18. The Morgan fingerprint density at radius 1 is 1.00 bits per heavy atom. The molecule has 148 valence electrons. The highest BCUT2D eigenvalue weighted by Gasteiger charge is 2.22. The summed E-state index contributed by atoms with van der Waals surface area (Å²) in [6.07, 6.45) is 1.67. The van der Waals surface area contributed by atoms with Crippen molar-refractivity contribution >= 4 is 34.7 Å². The van der Waals surface area contributed by atoms with Crippen molar-refractivity contribution in [3.63, 3.8) is 0 Å².